The maximum atomic E-state index is 6.90. The molecule has 0 fully saturated rings. The maximum absolute atomic E-state index is 6.90. The Kier molecular flexibility index (Phi) is 10.9. The van der Waals surface area contributed by atoms with E-state index in [4.69, 9.17) is 5.73 Å². The molecule has 1 unspecified atom stereocenters. The van der Waals surface area contributed by atoms with Crippen molar-refractivity contribution in [2.45, 2.75) is 46.6 Å². The molecule has 0 saturated carbocycles. The van der Waals surface area contributed by atoms with Gasteiger partial charge in [0, 0.05) is 29.3 Å². The molecular weight excluding hydrogens is 426 g/mol. The Bertz CT molecular complexity index is 1100. The highest BCUT2D eigenvalue weighted by Gasteiger charge is 2.28. The van der Waals surface area contributed by atoms with Gasteiger partial charge in [-0.25, -0.2) is 0 Å². The third-order valence-electron chi connectivity index (χ3n) is 5.71. The first-order chi connectivity index (χ1) is 17.2. The first kappa shape index (κ1) is 27.6. The molecule has 0 aliphatic rings. The van der Waals surface area contributed by atoms with Crippen LogP contribution in [-0.2, 0) is 5.54 Å². The lowest BCUT2D eigenvalue weighted by Gasteiger charge is -2.34. The topological polar surface area (TPSA) is 42.1 Å². The van der Waals surface area contributed by atoms with Gasteiger partial charge in [0.05, 0.1) is 11.2 Å². The van der Waals surface area contributed by atoms with E-state index in [9.17, 15) is 0 Å². The third-order valence-corrected chi connectivity index (χ3v) is 5.71. The van der Waals surface area contributed by atoms with Crippen molar-refractivity contribution in [2.24, 2.45) is 5.73 Å². The third kappa shape index (κ3) is 6.46. The van der Waals surface area contributed by atoms with E-state index in [-0.39, 0.29) is 0 Å². The van der Waals surface area contributed by atoms with Crippen LogP contribution in [-0.4, -0.2) is 4.98 Å². The highest BCUT2D eigenvalue weighted by atomic mass is 15.1. The quantitative estimate of drug-likeness (QED) is 0.277. The molecule has 0 amide bonds. The van der Waals surface area contributed by atoms with Crippen molar-refractivity contribution in [1.29, 1.82) is 0 Å². The van der Waals surface area contributed by atoms with Gasteiger partial charge in [0.2, 0.25) is 0 Å². The van der Waals surface area contributed by atoms with Gasteiger partial charge in [-0.15, -0.1) is 6.58 Å². The van der Waals surface area contributed by atoms with E-state index < -0.39 is 5.54 Å². The molecule has 0 bridgehead atoms. The maximum Gasteiger partial charge on any atom is 0.0611 e. The average Bonchev–Trinajstić information content (AvgIpc) is 2.97. The molecule has 0 radical (unpaired) electrons. The van der Waals surface area contributed by atoms with Gasteiger partial charge in [0.25, 0.3) is 0 Å². The Balaban J connectivity index is 0.00000103. The van der Waals surface area contributed by atoms with Gasteiger partial charge in [-0.3, -0.25) is 4.98 Å². The van der Waals surface area contributed by atoms with E-state index in [1.165, 1.54) is 0 Å². The summed E-state index contributed by atoms with van der Waals surface area (Å²) in [5.74, 6) is 0. The van der Waals surface area contributed by atoms with Crippen molar-refractivity contribution < 1.29 is 0 Å². The zero-order chi connectivity index (χ0) is 25.7. The fraction of sp³-hybridized carbons (Fsp3) is 0.219. The summed E-state index contributed by atoms with van der Waals surface area (Å²) in [6.07, 6.45) is 6.25. The van der Waals surface area contributed by atoms with Gasteiger partial charge >= 0.3 is 0 Å². The number of benzene rings is 3. The van der Waals surface area contributed by atoms with Crippen molar-refractivity contribution in [2.75, 3.05) is 4.90 Å². The van der Waals surface area contributed by atoms with Gasteiger partial charge in [0.1, 0.15) is 0 Å². The van der Waals surface area contributed by atoms with Crippen LogP contribution in [0.3, 0.4) is 0 Å². The summed E-state index contributed by atoms with van der Waals surface area (Å²) in [5.41, 5.74) is 12.6. The second kappa shape index (κ2) is 13.9. The van der Waals surface area contributed by atoms with Crippen LogP contribution in [0.2, 0.25) is 0 Å². The molecular formula is C32H39N3. The van der Waals surface area contributed by atoms with Gasteiger partial charge in [0.15, 0.2) is 0 Å². The minimum Gasteiger partial charge on any atom is -0.318 e. The van der Waals surface area contributed by atoms with Crippen LogP contribution in [0.1, 0.15) is 46.6 Å². The molecule has 2 N–H and O–H groups in total. The molecule has 3 heteroatoms. The molecule has 0 saturated heterocycles. The molecule has 0 aliphatic heterocycles. The summed E-state index contributed by atoms with van der Waals surface area (Å²) in [6, 6.07) is 31.2. The predicted octanol–water partition coefficient (Wildman–Crippen LogP) is 9.02. The van der Waals surface area contributed by atoms with Crippen LogP contribution in [0.5, 0.6) is 0 Å². The molecule has 1 atom stereocenters. The second-order valence-corrected chi connectivity index (χ2v) is 7.58. The number of hydrogen-bond acceptors (Lipinski definition) is 3. The van der Waals surface area contributed by atoms with Crippen LogP contribution < -0.4 is 10.6 Å². The Morgan fingerprint density at radius 2 is 1.37 bits per heavy atom. The lowest BCUT2D eigenvalue weighted by molar-refractivity contribution is 0.543. The molecule has 3 aromatic carbocycles. The number of rotatable bonds is 7. The van der Waals surface area contributed by atoms with Crippen LogP contribution in [0.4, 0.5) is 17.1 Å². The number of nitrogens with zero attached hydrogens (tertiary/aromatic N) is 2. The molecule has 0 spiro atoms. The SMILES string of the molecule is C=CC(N)(CC)c1cc(-c2cccnc2)ccc1N(c1ccccc1)c1ccccc1.CC.CC. The van der Waals surface area contributed by atoms with Crippen molar-refractivity contribution in [3.8, 4) is 11.1 Å². The molecule has 182 valence electrons. The molecule has 1 aromatic heterocycles. The number of pyridine rings is 1. The molecule has 3 nitrogen and oxygen atoms in total. The highest BCUT2D eigenvalue weighted by molar-refractivity contribution is 5.81. The summed E-state index contributed by atoms with van der Waals surface area (Å²) < 4.78 is 0. The summed E-state index contributed by atoms with van der Waals surface area (Å²) in [7, 11) is 0. The molecule has 35 heavy (non-hydrogen) atoms. The van der Waals surface area contributed by atoms with E-state index in [2.05, 4.69) is 96.2 Å². The first-order valence-electron chi connectivity index (χ1n) is 12.5. The van der Waals surface area contributed by atoms with E-state index in [1.807, 2.05) is 58.2 Å². The zero-order valence-corrected chi connectivity index (χ0v) is 21.8. The minimum atomic E-state index is -0.671. The lowest BCUT2D eigenvalue weighted by Crippen LogP contribution is -2.35. The number of anilines is 3. The van der Waals surface area contributed by atoms with E-state index in [0.717, 1.165) is 40.2 Å². The fourth-order valence-electron chi connectivity index (χ4n) is 3.84. The van der Waals surface area contributed by atoms with Gasteiger partial charge in [-0.2, -0.15) is 0 Å². The van der Waals surface area contributed by atoms with Gasteiger partial charge < -0.3 is 10.6 Å². The Hall–Kier alpha value is -3.69. The minimum absolute atomic E-state index is 0.671. The first-order valence-corrected chi connectivity index (χ1v) is 12.5. The number of nitrogens with two attached hydrogens (primary N) is 1. The number of aromatic nitrogens is 1. The van der Waals surface area contributed by atoms with Crippen LogP contribution in [0, 0.1) is 0 Å². The van der Waals surface area contributed by atoms with Crippen LogP contribution in [0.25, 0.3) is 11.1 Å². The predicted molar refractivity (Wildman–Crippen MR) is 153 cm³/mol. The van der Waals surface area contributed by atoms with Crippen LogP contribution in [0.15, 0.2) is 116 Å². The molecule has 4 aromatic rings. The Morgan fingerprint density at radius 3 is 1.83 bits per heavy atom. The Labute approximate surface area is 212 Å². The smallest absolute Gasteiger partial charge is 0.0611 e. The van der Waals surface area contributed by atoms with E-state index in [1.54, 1.807) is 6.20 Å². The van der Waals surface area contributed by atoms with Crippen LogP contribution >= 0.6 is 0 Å². The molecule has 4 rings (SSSR count). The van der Waals surface area contributed by atoms with E-state index >= 15 is 0 Å². The van der Waals surface area contributed by atoms with Crippen molar-refractivity contribution >= 4 is 17.1 Å². The largest absolute Gasteiger partial charge is 0.318 e. The monoisotopic (exact) mass is 465 g/mol. The van der Waals surface area contributed by atoms with Gasteiger partial charge in [-0.05, 0) is 60.0 Å². The lowest BCUT2D eigenvalue weighted by atomic mass is 9.85. The van der Waals surface area contributed by atoms with Crippen molar-refractivity contribution in [1.82, 2.24) is 4.98 Å². The number of para-hydroxylation sites is 2. The zero-order valence-electron chi connectivity index (χ0n) is 21.8. The fourth-order valence-corrected chi connectivity index (χ4v) is 3.84. The summed E-state index contributed by atoms with van der Waals surface area (Å²) in [4.78, 5) is 6.54. The van der Waals surface area contributed by atoms with Crippen molar-refractivity contribution in [3.63, 3.8) is 0 Å². The number of hydrogen-bond donors (Lipinski definition) is 1. The second-order valence-electron chi connectivity index (χ2n) is 7.58. The van der Waals surface area contributed by atoms with Crippen molar-refractivity contribution in [3.05, 3.63) is 122 Å². The summed E-state index contributed by atoms with van der Waals surface area (Å²) in [5, 5.41) is 0. The van der Waals surface area contributed by atoms with Gasteiger partial charge in [-0.1, -0.05) is 89.2 Å². The molecule has 0 aliphatic carbocycles. The summed E-state index contributed by atoms with van der Waals surface area (Å²) >= 11 is 0. The average molecular weight is 466 g/mol. The standard InChI is InChI=1S/C28H27N3.2C2H6/c1-3-28(29,4-2)26-20-22(23-12-11-19-30-21-23)17-18-27(26)31(24-13-7-5-8-14-24)25-15-9-6-10-16-25;2*1-2/h3,5-21H,1,4,29H2,2H3;2*1-2H3. The van der Waals surface area contributed by atoms with E-state index in [0.29, 0.717) is 0 Å². The Morgan fingerprint density at radius 1 is 0.800 bits per heavy atom. The normalized spacial score (nSPS) is 11.6. The summed E-state index contributed by atoms with van der Waals surface area (Å²) in [6.45, 7) is 14.2. The highest BCUT2D eigenvalue weighted by Crippen LogP contribution is 2.42. The molecule has 1 heterocycles.